The molecule has 1 atom stereocenters. The van der Waals surface area contributed by atoms with Crippen molar-refractivity contribution in [2.45, 2.75) is 39.2 Å². The highest BCUT2D eigenvalue weighted by molar-refractivity contribution is 7.14. The van der Waals surface area contributed by atoms with Gasteiger partial charge in [-0.25, -0.2) is 0 Å². The number of carbonyl (C=O) groups excluding carboxylic acids is 1. The molecular weight excluding hydrogens is 274 g/mol. The number of hydrogen-bond acceptors (Lipinski definition) is 4. The van der Waals surface area contributed by atoms with Crippen LogP contribution in [-0.2, 0) is 17.8 Å². The van der Waals surface area contributed by atoms with E-state index in [0.29, 0.717) is 19.1 Å². The normalized spacial score (nSPS) is 15.7. The van der Waals surface area contributed by atoms with Gasteiger partial charge in [0.05, 0.1) is 18.1 Å². The highest BCUT2D eigenvalue weighted by Gasteiger charge is 2.18. The number of nitrogens with one attached hydrogen (secondary N) is 1. The fraction of sp³-hybridized carbons (Fsp3) is 0.667. The first-order valence-corrected chi connectivity index (χ1v) is 8.14. The number of ether oxygens (including phenoxy) is 1. The first-order valence-electron chi connectivity index (χ1n) is 7.33. The summed E-state index contributed by atoms with van der Waals surface area (Å²) in [6, 6.07) is 1.95. The van der Waals surface area contributed by atoms with Gasteiger partial charge in [0, 0.05) is 24.4 Å². The number of aliphatic hydroxyl groups excluding tert-OH is 1. The lowest BCUT2D eigenvalue weighted by molar-refractivity contribution is 0.0946. The van der Waals surface area contributed by atoms with Crippen LogP contribution in [0, 0.1) is 5.92 Å². The Balaban J connectivity index is 1.89. The van der Waals surface area contributed by atoms with Crippen LogP contribution in [0.1, 0.15) is 46.3 Å². The molecule has 0 saturated carbocycles. The van der Waals surface area contributed by atoms with Gasteiger partial charge in [-0.3, -0.25) is 4.79 Å². The van der Waals surface area contributed by atoms with E-state index >= 15 is 0 Å². The molecule has 5 heteroatoms. The molecule has 112 valence electrons. The Bertz CT molecular complexity index is 415. The lowest BCUT2D eigenvalue weighted by Gasteiger charge is -2.15. The molecule has 0 fully saturated rings. The average molecular weight is 297 g/mol. The van der Waals surface area contributed by atoms with Crippen LogP contribution in [0.2, 0.25) is 0 Å². The number of thiophene rings is 1. The number of aliphatic hydroxyl groups is 1. The maximum absolute atomic E-state index is 12.2. The van der Waals surface area contributed by atoms with Crippen molar-refractivity contribution in [1.82, 2.24) is 5.32 Å². The molecule has 1 aromatic heterocycles. The summed E-state index contributed by atoms with van der Waals surface area (Å²) < 4.78 is 5.40. The lowest BCUT2D eigenvalue weighted by Crippen LogP contribution is -2.29. The van der Waals surface area contributed by atoms with E-state index in [-0.39, 0.29) is 12.5 Å². The molecule has 0 spiro atoms. The van der Waals surface area contributed by atoms with Gasteiger partial charge in [-0.05, 0) is 30.4 Å². The van der Waals surface area contributed by atoms with Crippen LogP contribution in [0.25, 0.3) is 0 Å². The Morgan fingerprint density at radius 2 is 2.40 bits per heavy atom. The predicted octanol–water partition coefficient (Wildman–Crippen LogP) is 2.35. The number of carbonyl (C=O) groups is 1. The van der Waals surface area contributed by atoms with Crippen molar-refractivity contribution in [1.29, 1.82) is 0 Å². The molecule has 2 N–H and O–H groups in total. The quantitative estimate of drug-likeness (QED) is 0.812. The van der Waals surface area contributed by atoms with Crippen molar-refractivity contribution in [3.63, 3.8) is 0 Å². The third-order valence-corrected chi connectivity index (χ3v) is 4.87. The zero-order valence-electron chi connectivity index (χ0n) is 12.0. The molecule has 4 nitrogen and oxygen atoms in total. The highest BCUT2D eigenvalue weighted by Crippen LogP contribution is 2.26. The van der Waals surface area contributed by atoms with Gasteiger partial charge in [0.2, 0.25) is 0 Å². The van der Waals surface area contributed by atoms with Crippen LogP contribution in [0.15, 0.2) is 6.07 Å². The minimum Gasteiger partial charge on any atom is -0.396 e. The fourth-order valence-electron chi connectivity index (χ4n) is 2.52. The van der Waals surface area contributed by atoms with E-state index in [9.17, 15) is 4.79 Å². The molecule has 0 aliphatic carbocycles. The molecule has 2 heterocycles. The van der Waals surface area contributed by atoms with Gasteiger partial charge in [-0.15, -0.1) is 11.3 Å². The third kappa shape index (κ3) is 4.04. The van der Waals surface area contributed by atoms with E-state index < -0.39 is 0 Å². The van der Waals surface area contributed by atoms with Crippen molar-refractivity contribution in [2.24, 2.45) is 5.92 Å². The van der Waals surface area contributed by atoms with E-state index in [1.807, 2.05) is 6.07 Å². The predicted molar refractivity (Wildman–Crippen MR) is 80.1 cm³/mol. The van der Waals surface area contributed by atoms with E-state index in [4.69, 9.17) is 9.84 Å². The summed E-state index contributed by atoms with van der Waals surface area (Å²) in [5.41, 5.74) is 1.16. The maximum atomic E-state index is 12.2. The van der Waals surface area contributed by atoms with Crippen LogP contribution in [0.5, 0.6) is 0 Å². The van der Waals surface area contributed by atoms with Crippen molar-refractivity contribution in [3.05, 3.63) is 21.4 Å². The standard InChI is InChI=1S/C15H23NO3S/c1-2-3-11(4-6-17)9-16-15(18)14-8-12-10-19-7-5-13(12)20-14/h8,11,17H,2-7,9-10H2,1H3,(H,16,18). The summed E-state index contributed by atoms with van der Waals surface area (Å²) in [4.78, 5) is 14.2. The zero-order valence-corrected chi connectivity index (χ0v) is 12.8. The van der Waals surface area contributed by atoms with Crippen molar-refractivity contribution in [3.8, 4) is 0 Å². The van der Waals surface area contributed by atoms with Crippen LogP contribution < -0.4 is 5.32 Å². The summed E-state index contributed by atoms with van der Waals surface area (Å²) in [5.74, 6) is 0.371. The molecule has 0 radical (unpaired) electrons. The van der Waals surface area contributed by atoms with E-state index in [2.05, 4.69) is 12.2 Å². The summed E-state index contributed by atoms with van der Waals surface area (Å²) in [5, 5.41) is 12.0. The molecule has 20 heavy (non-hydrogen) atoms. The Kier molecular flexibility index (Phi) is 6.01. The molecule has 1 amide bonds. The number of hydrogen-bond donors (Lipinski definition) is 2. The Labute approximate surface area is 124 Å². The minimum absolute atomic E-state index is 0.00319. The third-order valence-electron chi connectivity index (χ3n) is 3.64. The van der Waals surface area contributed by atoms with Crippen LogP contribution >= 0.6 is 11.3 Å². The SMILES string of the molecule is CCCC(CCO)CNC(=O)c1cc2c(s1)CCOC2. The molecule has 1 aromatic rings. The topological polar surface area (TPSA) is 58.6 Å². The Hall–Kier alpha value is -0.910. The smallest absolute Gasteiger partial charge is 0.261 e. The van der Waals surface area contributed by atoms with Gasteiger partial charge in [0.25, 0.3) is 5.91 Å². The molecule has 2 rings (SSSR count). The second kappa shape index (κ2) is 7.76. The van der Waals surface area contributed by atoms with Gasteiger partial charge in [-0.1, -0.05) is 13.3 Å². The van der Waals surface area contributed by atoms with Gasteiger partial charge < -0.3 is 15.2 Å². The summed E-state index contributed by atoms with van der Waals surface area (Å²) in [6.45, 7) is 4.34. The molecule has 1 unspecified atom stereocenters. The second-order valence-electron chi connectivity index (χ2n) is 5.24. The number of fused-ring (bicyclic) bond motifs is 1. The van der Waals surface area contributed by atoms with Gasteiger partial charge >= 0.3 is 0 Å². The molecule has 1 aliphatic rings. The maximum Gasteiger partial charge on any atom is 0.261 e. The number of rotatable bonds is 7. The molecule has 0 saturated heterocycles. The van der Waals surface area contributed by atoms with Gasteiger partial charge in [0.1, 0.15) is 0 Å². The summed E-state index contributed by atoms with van der Waals surface area (Å²) in [7, 11) is 0. The van der Waals surface area contributed by atoms with E-state index in [0.717, 1.165) is 42.7 Å². The zero-order chi connectivity index (χ0) is 14.4. The molecule has 0 aromatic carbocycles. The van der Waals surface area contributed by atoms with Crippen molar-refractivity contribution in [2.75, 3.05) is 19.8 Å². The first-order chi connectivity index (χ1) is 9.74. The van der Waals surface area contributed by atoms with Crippen LogP contribution in [0.4, 0.5) is 0 Å². The fourth-order valence-corrected chi connectivity index (χ4v) is 3.59. The van der Waals surface area contributed by atoms with Crippen molar-refractivity contribution >= 4 is 17.2 Å². The highest BCUT2D eigenvalue weighted by atomic mass is 32.1. The van der Waals surface area contributed by atoms with E-state index in [1.165, 1.54) is 4.88 Å². The van der Waals surface area contributed by atoms with E-state index in [1.54, 1.807) is 11.3 Å². The van der Waals surface area contributed by atoms with Gasteiger partial charge in [0.15, 0.2) is 0 Å². The van der Waals surface area contributed by atoms with Gasteiger partial charge in [-0.2, -0.15) is 0 Å². The Morgan fingerprint density at radius 1 is 1.55 bits per heavy atom. The first kappa shape index (κ1) is 15.5. The summed E-state index contributed by atoms with van der Waals surface area (Å²) in [6.07, 6.45) is 3.78. The summed E-state index contributed by atoms with van der Waals surface area (Å²) >= 11 is 1.58. The Morgan fingerprint density at radius 3 is 3.10 bits per heavy atom. The van der Waals surface area contributed by atoms with Crippen LogP contribution in [-0.4, -0.2) is 30.8 Å². The second-order valence-corrected chi connectivity index (χ2v) is 6.38. The minimum atomic E-state index is 0.00319. The monoisotopic (exact) mass is 297 g/mol. The lowest BCUT2D eigenvalue weighted by atomic mass is 10.0. The molecular formula is C15H23NO3S. The van der Waals surface area contributed by atoms with Crippen molar-refractivity contribution < 1.29 is 14.6 Å². The largest absolute Gasteiger partial charge is 0.396 e. The average Bonchev–Trinajstić information content (AvgIpc) is 2.89. The van der Waals surface area contributed by atoms with Crippen LogP contribution in [0.3, 0.4) is 0 Å². The molecule has 0 bridgehead atoms. The number of amides is 1. The molecule has 1 aliphatic heterocycles.